The summed E-state index contributed by atoms with van der Waals surface area (Å²) in [5.41, 5.74) is 0.724. The molecule has 0 heterocycles. The number of halogens is 4. The molecule has 0 radical (unpaired) electrons. The molecule has 0 unspecified atom stereocenters. The quantitative estimate of drug-likeness (QED) is 0.696. The van der Waals surface area contributed by atoms with E-state index in [4.69, 9.17) is 11.6 Å². The van der Waals surface area contributed by atoms with Crippen LogP contribution in [0.5, 0.6) is 0 Å². The summed E-state index contributed by atoms with van der Waals surface area (Å²) in [4.78, 5) is 0. The van der Waals surface area contributed by atoms with Crippen molar-refractivity contribution in [2.75, 3.05) is 0 Å². The molecule has 1 aliphatic rings. The van der Waals surface area contributed by atoms with E-state index in [2.05, 4.69) is 0 Å². The summed E-state index contributed by atoms with van der Waals surface area (Å²) in [5, 5.41) is 0. The molecule has 1 aliphatic carbocycles. The van der Waals surface area contributed by atoms with Gasteiger partial charge in [-0.15, -0.1) is 11.6 Å². The van der Waals surface area contributed by atoms with Crippen LogP contribution in [0, 0.1) is 5.92 Å². The summed E-state index contributed by atoms with van der Waals surface area (Å²) in [6.45, 7) is 0. The summed E-state index contributed by atoms with van der Waals surface area (Å²) >= 11 is 5.61. The van der Waals surface area contributed by atoms with Gasteiger partial charge in [-0.2, -0.15) is 13.2 Å². The van der Waals surface area contributed by atoms with Gasteiger partial charge in [-0.1, -0.05) is 6.07 Å². The van der Waals surface area contributed by atoms with Crippen LogP contribution in [-0.2, 0) is 18.5 Å². The van der Waals surface area contributed by atoms with E-state index in [1.807, 2.05) is 0 Å². The molecule has 0 spiro atoms. The highest BCUT2D eigenvalue weighted by Gasteiger charge is 2.31. The van der Waals surface area contributed by atoms with Gasteiger partial charge in [-0.25, -0.2) is 0 Å². The van der Waals surface area contributed by atoms with Crippen molar-refractivity contribution < 1.29 is 13.2 Å². The van der Waals surface area contributed by atoms with Crippen molar-refractivity contribution >= 4 is 11.6 Å². The molecule has 1 aromatic carbocycles. The predicted molar refractivity (Wildman–Crippen MR) is 57.4 cm³/mol. The van der Waals surface area contributed by atoms with E-state index >= 15 is 0 Å². The predicted octanol–water partition coefficient (Wildman–Crippen LogP) is 4.40. The fraction of sp³-hybridized carbons (Fsp3) is 0.500. The molecule has 88 valence electrons. The van der Waals surface area contributed by atoms with Gasteiger partial charge in [0.25, 0.3) is 0 Å². The maximum absolute atomic E-state index is 12.6. The molecular weight excluding hydrogens is 237 g/mol. The third-order valence-electron chi connectivity index (χ3n) is 2.76. The van der Waals surface area contributed by atoms with Crippen molar-refractivity contribution in [1.29, 1.82) is 0 Å². The summed E-state index contributed by atoms with van der Waals surface area (Å²) in [7, 11) is 0. The Hall–Kier alpha value is -0.700. The molecule has 0 amide bonds. The minimum Gasteiger partial charge on any atom is -0.166 e. The number of hydrogen-bond donors (Lipinski definition) is 0. The maximum atomic E-state index is 12.6. The van der Waals surface area contributed by atoms with Crippen LogP contribution < -0.4 is 0 Å². The Bertz CT molecular complexity index is 380. The normalized spacial score (nSPS) is 16.5. The van der Waals surface area contributed by atoms with Gasteiger partial charge in [-0.3, -0.25) is 0 Å². The SMILES string of the molecule is FC(F)(F)c1cc(CCl)cc(CC2CC2)c1. The smallest absolute Gasteiger partial charge is 0.166 e. The second-order valence-corrected chi connectivity index (χ2v) is 4.58. The van der Waals surface area contributed by atoms with Crippen molar-refractivity contribution in [2.24, 2.45) is 5.92 Å². The van der Waals surface area contributed by atoms with E-state index in [1.165, 1.54) is 6.07 Å². The Morgan fingerprint density at radius 2 is 1.75 bits per heavy atom. The average molecular weight is 249 g/mol. The second-order valence-electron chi connectivity index (χ2n) is 4.32. The molecule has 0 saturated heterocycles. The van der Waals surface area contributed by atoms with Crippen LogP contribution in [0.3, 0.4) is 0 Å². The van der Waals surface area contributed by atoms with Crippen LogP contribution >= 0.6 is 11.6 Å². The first-order valence-electron chi connectivity index (χ1n) is 5.25. The van der Waals surface area contributed by atoms with Gasteiger partial charge in [0, 0.05) is 5.88 Å². The Kier molecular flexibility index (Phi) is 3.15. The van der Waals surface area contributed by atoms with Gasteiger partial charge in [-0.05, 0) is 48.4 Å². The van der Waals surface area contributed by atoms with Gasteiger partial charge >= 0.3 is 6.18 Å². The second kappa shape index (κ2) is 4.28. The van der Waals surface area contributed by atoms with Crippen LogP contribution in [0.4, 0.5) is 13.2 Å². The molecule has 1 saturated carbocycles. The van der Waals surface area contributed by atoms with E-state index in [0.717, 1.165) is 30.9 Å². The lowest BCUT2D eigenvalue weighted by Gasteiger charge is -2.11. The molecule has 0 aromatic heterocycles. The molecule has 0 atom stereocenters. The lowest BCUT2D eigenvalue weighted by atomic mass is 10.0. The molecule has 1 fully saturated rings. The van der Waals surface area contributed by atoms with Crippen LogP contribution in [0.2, 0.25) is 0 Å². The fourth-order valence-electron chi connectivity index (χ4n) is 1.78. The first-order valence-corrected chi connectivity index (χ1v) is 5.78. The molecule has 0 aliphatic heterocycles. The minimum absolute atomic E-state index is 0.127. The van der Waals surface area contributed by atoms with Crippen molar-refractivity contribution in [3.63, 3.8) is 0 Å². The Morgan fingerprint density at radius 3 is 2.25 bits per heavy atom. The maximum Gasteiger partial charge on any atom is 0.416 e. The van der Waals surface area contributed by atoms with E-state index in [0.29, 0.717) is 11.5 Å². The molecular formula is C12H12ClF3. The zero-order valence-electron chi connectivity index (χ0n) is 8.65. The number of rotatable bonds is 3. The highest BCUT2D eigenvalue weighted by atomic mass is 35.5. The lowest BCUT2D eigenvalue weighted by molar-refractivity contribution is -0.137. The van der Waals surface area contributed by atoms with Gasteiger partial charge in [0.2, 0.25) is 0 Å². The zero-order chi connectivity index (χ0) is 11.8. The number of alkyl halides is 4. The Labute approximate surface area is 97.4 Å². The highest BCUT2D eigenvalue weighted by molar-refractivity contribution is 6.17. The average Bonchev–Trinajstić information content (AvgIpc) is 3.00. The van der Waals surface area contributed by atoms with E-state index in [1.54, 1.807) is 6.07 Å². The number of benzene rings is 1. The van der Waals surface area contributed by atoms with Gasteiger partial charge in [0.1, 0.15) is 0 Å². The molecule has 16 heavy (non-hydrogen) atoms. The number of hydrogen-bond acceptors (Lipinski definition) is 0. The molecule has 0 N–H and O–H groups in total. The van der Waals surface area contributed by atoms with E-state index < -0.39 is 11.7 Å². The van der Waals surface area contributed by atoms with E-state index in [9.17, 15) is 13.2 Å². The van der Waals surface area contributed by atoms with Gasteiger partial charge in [0.05, 0.1) is 5.56 Å². The van der Waals surface area contributed by atoms with Crippen LogP contribution in [0.15, 0.2) is 18.2 Å². The highest BCUT2D eigenvalue weighted by Crippen LogP contribution is 2.35. The summed E-state index contributed by atoms with van der Waals surface area (Å²) in [6, 6.07) is 4.15. The first-order chi connectivity index (χ1) is 7.49. The van der Waals surface area contributed by atoms with Gasteiger partial charge < -0.3 is 0 Å². The zero-order valence-corrected chi connectivity index (χ0v) is 9.41. The van der Waals surface area contributed by atoms with Crippen molar-refractivity contribution in [2.45, 2.75) is 31.3 Å². The van der Waals surface area contributed by atoms with Crippen LogP contribution in [0.1, 0.15) is 29.5 Å². The molecule has 0 nitrogen and oxygen atoms in total. The fourth-order valence-corrected chi connectivity index (χ4v) is 1.93. The van der Waals surface area contributed by atoms with Gasteiger partial charge in [0.15, 0.2) is 0 Å². The largest absolute Gasteiger partial charge is 0.416 e. The molecule has 4 heteroatoms. The molecule has 2 rings (SSSR count). The van der Waals surface area contributed by atoms with Crippen molar-refractivity contribution in [1.82, 2.24) is 0 Å². The standard InChI is InChI=1S/C12H12ClF3/c13-7-10-4-9(3-8-1-2-8)5-11(6-10)12(14,15)16/h4-6,8H,1-3,7H2. The molecule has 1 aromatic rings. The van der Waals surface area contributed by atoms with Crippen LogP contribution in [-0.4, -0.2) is 0 Å². The minimum atomic E-state index is -4.28. The topological polar surface area (TPSA) is 0 Å². The summed E-state index contributed by atoms with van der Waals surface area (Å²) in [5.74, 6) is 0.702. The van der Waals surface area contributed by atoms with Crippen LogP contribution in [0.25, 0.3) is 0 Å². The monoisotopic (exact) mass is 248 g/mol. The summed E-state index contributed by atoms with van der Waals surface area (Å²) < 4.78 is 37.8. The Morgan fingerprint density at radius 1 is 1.12 bits per heavy atom. The van der Waals surface area contributed by atoms with Crippen molar-refractivity contribution in [3.05, 3.63) is 34.9 Å². The van der Waals surface area contributed by atoms with E-state index in [-0.39, 0.29) is 5.88 Å². The third-order valence-corrected chi connectivity index (χ3v) is 3.06. The lowest BCUT2D eigenvalue weighted by Crippen LogP contribution is -2.06. The van der Waals surface area contributed by atoms with Crippen molar-refractivity contribution in [3.8, 4) is 0 Å². The molecule has 0 bridgehead atoms. The first kappa shape index (κ1) is 11.8. The third kappa shape index (κ3) is 2.91. The Balaban J connectivity index is 2.29. The summed E-state index contributed by atoms with van der Waals surface area (Å²) in [6.07, 6.45) is -1.27.